The number of halogens is 1. The molecule has 2 aromatic heterocycles. The molecule has 0 fully saturated rings. The summed E-state index contributed by atoms with van der Waals surface area (Å²) in [7, 11) is 0. The minimum atomic E-state index is -0.0369. The van der Waals surface area contributed by atoms with Gasteiger partial charge < -0.3 is 0 Å². The fraction of sp³-hybridized carbons (Fsp3) is 0. The summed E-state index contributed by atoms with van der Waals surface area (Å²) < 4.78 is 1.89. The highest BCUT2D eigenvalue weighted by Crippen LogP contribution is 2.48. The highest BCUT2D eigenvalue weighted by molar-refractivity contribution is 6.32. The van der Waals surface area contributed by atoms with Crippen molar-refractivity contribution in [3.05, 3.63) is 137 Å². The topological polar surface area (TPSA) is 47.8 Å². The zero-order valence-corrected chi connectivity index (χ0v) is 21.9. The van der Waals surface area contributed by atoms with Gasteiger partial charge in [0.15, 0.2) is 11.4 Å². The highest BCUT2D eigenvalue weighted by Gasteiger charge is 2.33. The summed E-state index contributed by atoms with van der Waals surface area (Å²) in [5, 5.41) is 8.63. The molecule has 188 valence electrons. The van der Waals surface area contributed by atoms with Crippen molar-refractivity contribution < 1.29 is 4.79 Å². The maximum absolute atomic E-state index is 14.4. The van der Waals surface area contributed by atoms with E-state index in [9.17, 15) is 4.79 Å². The molecule has 5 heteroatoms. The van der Waals surface area contributed by atoms with E-state index in [4.69, 9.17) is 21.7 Å². The fourth-order valence-electron chi connectivity index (χ4n) is 5.88. The molecule has 40 heavy (non-hydrogen) atoms. The van der Waals surface area contributed by atoms with Gasteiger partial charge in [-0.2, -0.15) is 5.10 Å². The van der Waals surface area contributed by atoms with Crippen molar-refractivity contribution in [2.45, 2.75) is 0 Å². The average molecular weight is 534 g/mol. The molecule has 2 heterocycles. The lowest BCUT2D eigenvalue weighted by Gasteiger charge is -2.23. The van der Waals surface area contributed by atoms with Crippen molar-refractivity contribution in [3.63, 3.8) is 0 Å². The number of carbonyl (C=O) groups excluding carboxylic acids is 1. The predicted octanol–water partition coefficient (Wildman–Crippen LogP) is 8.77. The molecule has 0 spiro atoms. The first-order valence-corrected chi connectivity index (χ1v) is 13.5. The predicted molar refractivity (Wildman–Crippen MR) is 161 cm³/mol. The molecule has 0 bridgehead atoms. The normalized spacial score (nSPS) is 12.2. The number of fused-ring (bicyclic) bond motifs is 4. The Morgan fingerprint density at radius 1 is 0.575 bits per heavy atom. The lowest BCUT2D eigenvalue weighted by atomic mass is 9.79. The van der Waals surface area contributed by atoms with Crippen molar-refractivity contribution in [1.82, 2.24) is 14.8 Å². The van der Waals surface area contributed by atoms with Gasteiger partial charge >= 0.3 is 0 Å². The number of benzene rings is 5. The second kappa shape index (κ2) is 8.73. The third-order valence-electron chi connectivity index (χ3n) is 7.63. The van der Waals surface area contributed by atoms with Crippen LogP contribution in [0.4, 0.5) is 0 Å². The molecule has 0 N–H and O–H groups in total. The molecule has 0 unspecified atom stereocenters. The van der Waals surface area contributed by atoms with Crippen LogP contribution in [0.5, 0.6) is 0 Å². The summed E-state index contributed by atoms with van der Waals surface area (Å²) in [6.07, 6.45) is 0. The van der Waals surface area contributed by atoms with Gasteiger partial charge in [0.05, 0.1) is 22.3 Å². The van der Waals surface area contributed by atoms with Crippen LogP contribution in [0.25, 0.3) is 61.1 Å². The van der Waals surface area contributed by atoms with Crippen LogP contribution in [-0.2, 0) is 0 Å². The highest BCUT2D eigenvalue weighted by atomic mass is 35.5. The second-order valence-corrected chi connectivity index (χ2v) is 10.4. The Morgan fingerprint density at radius 2 is 1.23 bits per heavy atom. The Kier molecular flexibility index (Phi) is 5.00. The molecule has 0 aliphatic heterocycles. The first kappa shape index (κ1) is 22.9. The van der Waals surface area contributed by atoms with Gasteiger partial charge in [-0.3, -0.25) is 4.79 Å². The number of rotatable bonds is 3. The number of ketones is 1. The van der Waals surface area contributed by atoms with Gasteiger partial charge in [-0.1, -0.05) is 109 Å². The standard InChI is InChI=1S/C35H20ClN3O/c36-24-19-17-23(18-20-24)32-30-29(26-15-7-11-21-12-8-16-27(28(21)26)34(30)40)31-33(22-9-3-1-4-10-22)38-39(35(31)37-32)25-13-5-2-6-14-25/h1-20H. The monoisotopic (exact) mass is 533 g/mol. The molecule has 0 radical (unpaired) electrons. The van der Waals surface area contributed by atoms with E-state index in [0.29, 0.717) is 27.5 Å². The van der Waals surface area contributed by atoms with Crippen molar-refractivity contribution >= 4 is 39.2 Å². The summed E-state index contributed by atoms with van der Waals surface area (Å²) in [6, 6.07) is 39.8. The average Bonchev–Trinajstić information content (AvgIpc) is 3.40. The summed E-state index contributed by atoms with van der Waals surface area (Å²) in [5.41, 5.74) is 7.93. The van der Waals surface area contributed by atoms with Gasteiger partial charge in [0.1, 0.15) is 5.69 Å². The van der Waals surface area contributed by atoms with E-state index in [1.807, 2.05) is 89.6 Å². The molecule has 5 aromatic carbocycles. The largest absolute Gasteiger partial charge is 0.288 e. The van der Waals surface area contributed by atoms with E-state index in [1.165, 1.54) is 0 Å². The maximum Gasteiger partial charge on any atom is 0.196 e. The van der Waals surface area contributed by atoms with Crippen LogP contribution in [0.1, 0.15) is 15.9 Å². The lowest BCUT2D eigenvalue weighted by Crippen LogP contribution is -2.14. The first-order valence-electron chi connectivity index (χ1n) is 13.1. The zero-order chi connectivity index (χ0) is 26.8. The third-order valence-corrected chi connectivity index (χ3v) is 7.88. The SMILES string of the molecule is O=C1c2c(-c3ccc(Cl)cc3)nc3c(c(-c4ccccc4)nn3-c3ccccc3)c2-c2cccc3cccc1c23. The molecular formula is C35H20ClN3O. The van der Waals surface area contributed by atoms with Crippen molar-refractivity contribution in [3.8, 4) is 39.3 Å². The Balaban J connectivity index is 1.61. The van der Waals surface area contributed by atoms with Gasteiger partial charge in [-0.25, -0.2) is 9.67 Å². The molecule has 7 aromatic rings. The number of hydrogen-bond donors (Lipinski definition) is 0. The number of para-hydroxylation sites is 1. The van der Waals surface area contributed by atoms with Crippen LogP contribution in [0.3, 0.4) is 0 Å². The summed E-state index contributed by atoms with van der Waals surface area (Å²) >= 11 is 6.26. The smallest absolute Gasteiger partial charge is 0.196 e. The Labute approximate surface area is 235 Å². The number of pyridine rings is 1. The van der Waals surface area contributed by atoms with E-state index in [0.717, 1.165) is 49.8 Å². The first-order chi connectivity index (χ1) is 19.7. The number of aromatic nitrogens is 3. The molecular weight excluding hydrogens is 514 g/mol. The molecule has 0 amide bonds. The minimum absolute atomic E-state index is 0.0369. The molecule has 0 atom stereocenters. The minimum Gasteiger partial charge on any atom is -0.288 e. The second-order valence-electron chi connectivity index (χ2n) is 9.92. The number of nitrogens with zero attached hydrogens (tertiary/aromatic N) is 3. The number of carbonyl (C=O) groups is 1. The molecule has 8 rings (SSSR count). The molecule has 1 aliphatic carbocycles. The van der Waals surface area contributed by atoms with Gasteiger partial charge in [0.25, 0.3) is 0 Å². The maximum atomic E-state index is 14.4. The van der Waals surface area contributed by atoms with E-state index in [-0.39, 0.29) is 5.78 Å². The van der Waals surface area contributed by atoms with E-state index in [1.54, 1.807) is 0 Å². The van der Waals surface area contributed by atoms with Crippen LogP contribution in [-0.4, -0.2) is 20.5 Å². The van der Waals surface area contributed by atoms with E-state index in [2.05, 4.69) is 36.4 Å². The summed E-state index contributed by atoms with van der Waals surface area (Å²) in [6.45, 7) is 0. The molecule has 4 nitrogen and oxygen atoms in total. The van der Waals surface area contributed by atoms with Gasteiger partial charge in [0, 0.05) is 32.7 Å². The van der Waals surface area contributed by atoms with Crippen LogP contribution >= 0.6 is 11.6 Å². The summed E-state index contributed by atoms with van der Waals surface area (Å²) in [5.74, 6) is -0.0369. The van der Waals surface area contributed by atoms with Crippen LogP contribution in [0.2, 0.25) is 5.02 Å². The Morgan fingerprint density at radius 3 is 1.95 bits per heavy atom. The van der Waals surface area contributed by atoms with Crippen LogP contribution < -0.4 is 0 Å². The van der Waals surface area contributed by atoms with Gasteiger partial charge in [0.2, 0.25) is 0 Å². The molecule has 0 saturated heterocycles. The van der Waals surface area contributed by atoms with Crippen LogP contribution in [0.15, 0.2) is 121 Å². The number of hydrogen-bond acceptors (Lipinski definition) is 3. The zero-order valence-electron chi connectivity index (χ0n) is 21.2. The third kappa shape index (κ3) is 3.30. The van der Waals surface area contributed by atoms with Gasteiger partial charge in [-0.05, 0) is 35.2 Å². The lowest BCUT2D eigenvalue weighted by molar-refractivity contribution is 0.104. The molecule has 1 aliphatic rings. The summed E-state index contributed by atoms with van der Waals surface area (Å²) in [4.78, 5) is 19.7. The fourth-order valence-corrected chi connectivity index (χ4v) is 6.00. The van der Waals surface area contributed by atoms with Crippen molar-refractivity contribution in [1.29, 1.82) is 0 Å². The Hall–Kier alpha value is -5.06. The van der Waals surface area contributed by atoms with E-state index >= 15 is 0 Å². The molecule has 0 saturated carbocycles. The van der Waals surface area contributed by atoms with E-state index < -0.39 is 0 Å². The van der Waals surface area contributed by atoms with Crippen molar-refractivity contribution in [2.75, 3.05) is 0 Å². The van der Waals surface area contributed by atoms with Gasteiger partial charge in [-0.15, -0.1) is 0 Å². The Bertz CT molecular complexity index is 2110. The quantitative estimate of drug-likeness (QED) is 0.228. The van der Waals surface area contributed by atoms with Crippen LogP contribution in [0, 0.1) is 0 Å². The van der Waals surface area contributed by atoms with Crippen molar-refractivity contribution in [2.24, 2.45) is 0 Å².